The molecule has 5 rings (SSSR count). The van der Waals surface area contributed by atoms with Crippen LogP contribution in [0.2, 0.25) is 0 Å². The van der Waals surface area contributed by atoms with Crippen molar-refractivity contribution >= 4 is 17.8 Å². The Morgan fingerprint density at radius 2 is 2.13 bits per heavy atom. The van der Waals surface area contributed by atoms with Gasteiger partial charge in [-0.15, -0.1) is 0 Å². The molecule has 0 aliphatic carbocycles. The van der Waals surface area contributed by atoms with Gasteiger partial charge in [0.05, 0.1) is 17.7 Å². The summed E-state index contributed by atoms with van der Waals surface area (Å²) in [6.45, 7) is 5.61. The number of pyridine rings is 1. The summed E-state index contributed by atoms with van der Waals surface area (Å²) in [7, 11) is 1.50. The maximum Gasteiger partial charge on any atom is 0.320 e. The number of likely N-dealkylation sites (tertiary alicyclic amines) is 1. The van der Waals surface area contributed by atoms with Gasteiger partial charge in [-0.05, 0) is 49.1 Å². The van der Waals surface area contributed by atoms with Crippen LogP contribution in [0.25, 0.3) is 0 Å². The lowest BCUT2D eigenvalue weighted by atomic mass is 9.83. The van der Waals surface area contributed by atoms with Gasteiger partial charge in [-0.2, -0.15) is 10.2 Å². The van der Waals surface area contributed by atoms with E-state index in [1.54, 1.807) is 6.07 Å². The second kappa shape index (κ2) is 10.6. The number of benzene rings is 1. The van der Waals surface area contributed by atoms with Crippen LogP contribution in [0.3, 0.4) is 0 Å². The van der Waals surface area contributed by atoms with E-state index < -0.39 is 10.8 Å². The molecule has 0 saturated carbocycles. The molecule has 1 saturated heterocycles. The SMILES string of the molecule is CCOc1ccc(/C=N\NC(=O)c2nn(C)cc2[N+](=O)[O-])cc1CN1C[C@H]2C[C@@H](C1)c1cccc(=O)n1C2. The second-order valence-electron chi connectivity index (χ2n) is 9.69. The number of nitrogens with zero attached hydrogens (tertiary/aromatic N) is 6. The van der Waals surface area contributed by atoms with E-state index in [1.165, 1.54) is 24.1 Å². The van der Waals surface area contributed by atoms with Crippen molar-refractivity contribution in [2.45, 2.75) is 32.4 Å². The molecule has 12 nitrogen and oxygen atoms in total. The third-order valence-corrected chi connectivity index (χ3v) is 6.93. The quantitative estimate of drug-likeness (QED) is 0.274. The maximum atomic E-state index is 12.4. The number of hydrogen-bond donors (Lipinski definition) is 1. The first-order valence-corrected chi connectivity index (χ1v) is 12.5. The molecule has 0 radical (unpaired) electrons. The molecule has 2 bridgehead atoms. The number of hydrazone groups is 1. The van der Waals surface area contributed by atoms with Crippen molar-refractivity contribution in [3.8, 4) is 5.75 Å². The number of amides is 1. The molecule has 1 aromatic carbocycles. The van der Waals surface area contributed by atoms with Crippen LogP contribution in [0.15, 0.2) is 52.5 Å². The van der Waals surface area contributed by atoms with Crippen molar-refractivity contribution in [2.75, 3.05) is 19.7 Å². The maximum absolute atomic E-state index is 12.4. The summed E-state index contributed by atoms with van der Waals surface area (Å²) >= 11 is 0. The van der Waals surface area contributed by atoms with Crippen molar-refractivity contribution in [1.82, 2.24) is 24.7 Å². The smallest absolute Gasteiger partial charge is 0.320 e. The van der Waals surface area contributed by atoms with Gasteiger partial charge in [0.25, 0.3) is 11.5 Å². The summed E-state index contributed by atoms with van der Waals surface area (Å²) in [4.78, 5) is 37.6. The molecular formula is C26H29N7O5. The van der Waals surface area contributed by atoms with E-state index in [0.29, 0.717) is 25.0 Å². The lowest BCUT2D eigenvalue weighted by Gasteiger charge is -2.43. The Morgan fingerprint density at radius 3 is 2.92 bits per heavy atom. The van der Waals surface area contributed by atoms with Crippen LogP contribution in [-0.4, -0.2) is 56.0 Å². The molecule has 1 fully saturated rings. The normalized spacial score (nSPS) is 18.8. The van der Waals surface area contributed by atoms with Gasteiger partial charge in [0.1, 0.15) is 11.9 Å². The summed E-state index contributed by atoms with van der Waals surface area (Å²) in [5.74, 6) is 0.735. The predicted octanol–water partition coefficient (Wildman–Crippen LogP) is 2.27. The average molecular weight is 520 g/mol. The van der Waals surface area contributed by atoms with Crippen LogP contribution in [0, 0.1) is 16.0 Å². The molecule has 2 aromatic heterocycles. The molecule has 3 aromatic rings. The molecule has 0 unspecified atom stereocenters. The van der Waals surface area contributed by atoms with Gasteiger partial charge in [-0.3, -0.25) is 29.3 Å². The molecule has 12 heteroatoms. The summed E-state index contributed by atoms with van der Waals surface area (Å²) in [6, 6.07) is 11.2. The molecule has 0 spiro atoms. The number of fused-ring (bicyclic) bond motifs is 4. The van der Waals surface area contributed by atoms with Crippen LogP contribution < -0.4 is 15.7 Å². The van der Waals surface area contributed by atoms with Crippen molar-refractivity contribution in [3.05, 3.63) is 85.6 Å². The Morgan fingerprint density at radius 1 is 1.29 bits per heavy atom. The number of aromatic nitrogens is 3. The highest BCUT2D eigenvalue weighted by Crippen LogP contribution is 2.36. The molecule has 2 atom stereocenters. The number of aryl methyl sites for hydroxylation is 1. The van der Waals surface area contributed by atoms with Crippen LogP contribution in [0.1, 0.15) is 46.6 Å². The summed E-state index contributed by atoms with van der Waals surface area (Å²) in [6.07, 6.45) is 3.74. The molecule has 2 aliphatic rings. The van der Waals surface area contributed by atoms with Crippen molar-refractivity contribution in [1.29, 1.82) is 0 Å². The summed E-state index contributed by atoms with van der Waals surface area (Å²) in [5.41, 5.74) is 4.54. The highest BCUT2D eigenvalue weighted by atomic mass is 16.6. The van der Waals surface area contributed by atoms with E-state index in [-0.39, 0.29) is 16.9 Å². The number of ether oxygens (including phenoxy) is 1. The van der Waals surface area contributed by atoms with Gasteiger partial charge in [0.15, 0.2) is 0 Å². The fourth-order valence-corrected chi connectivity index (χ4v) is 5.45. The zero-order valence-corrected chi connectivity index (χ0v) is 21.2. The third kappa shape index (κ3) is 5.21. The zero-order chi connectivity index (χ0) is 26.8. The summed E-state index contributed by atoms with van der Waals surface area (Å²) < 4.78 is 9.01. The first kappa shape index (κ1) is 25.3. The van der Waals surface area contributed by atoms with E-state index in [9.17, 15) is 19.7 Å². The average Bonchev–Trinajstić information content (AvgIpc) is 3.28. The van der Waals surface area contributed by atoms with Gasteiger partial charge >= 0.3 is 5.69 Å². The molecule has 1 N–H and O–H groups in total. The lowest BCUT2D eigenvalue weighted by Crippen LogP contribution is -2.46. The van der Waals surface area contributed by atoms with Crippen molar-refractivity contribution < 1.29 is 14.5 Å². The van der Waals surface area contributed by atoms with Crippen molar-refractivity contribution in [2.24, 2.45) is 18.1 Å². The number of rotatable bonds is 8. The topological polar surface area (TPSA) is 137 Å². The number of nitro groups is 1. The second-order valence-corrected chi connectivity index (χ2v) is 9.69. The fourth-order valence-electron chi connectivity index (χ4n) is 5.45. The van der Waals surface area contributed by atoms with Crippen molar-refractivity contribution in [3.63, 3.8) is 0 Å². The van der Waals surface area contributed by atoms with Crippen LogP contribution >= 0.6 is 0 Å². The number of piperidine rings is 1. The minimum Gasteiger partial charge on any atom is -0.494 e. The Hall–Kier alpha value is -4.32. The lowest BCUT2D eigenvalue weighted by molar-refractivity contribution is -0.385. The van der Waals surface area contributed by atoms with Gasteiger partial charge in [-0.25, -0.2) is 5.43 Å². The third-order valence-electron chi connectivity index (χ3n) is 6.93. The molecule has 38 heavy (non-hydrogen) atoms. The van der Waals surface area contributed by atoms with E-state index in [4.69, 9.17) is 4.74 Å². The van der Waals surface area contributed by atoms with Gasteiger partial charge in [-0.1, -0.05) is 6.07 Å². The predicted molar refractivity (Wildman–Crippen MR) is 139 cm³/mol. The van der Waals surface area contributed by atoms with Gasteiger partial charge in [0, 0.05) is 56.5 Å². The minimum atomic E-state index is -0.765. The standard InChI is InChI=1S/C26H29N7O5/c1-3-38-23-8-7-17(11-27-28-26(35)25-22(33(36)37)16-30(2)29-25)9-20(23)15-31-12-18-10-19(14-31)21-5-4-6-24(34)32(21)13-18/h4-9,11,16,18-19H,3,10,12-15H2,1-2H3,(H,28,35)/b27-11-/t18-,19+/m1/s1. The monoisotopic (exact) mass is 519 g/mol. The number of carbonyl (C=O) groups excluding carboxylic acids is 1. The van der Waals surface area contributed by atoms with Gasteiger partial charge < -0.3 is 9.30 Å². The highest BCUT2D eigenvalue weighted by Gasteiger charge is 2.34. The fraction of sp³-hybridized carbons (Fsp3) is 0.385. The first-order valence-electron chi connectivity index (χ1n) is 12.5. The Balaban J connectivity index is 1.30. The molecular weight excluding hydrogens is 490 g/mol. The van der Waals surface area contributed by atoms with E-state index >= 15 is 0 Å². The van der Waals surface area contributed by atoms with Crippen LogP contribution in [-0.2, 0) is 20.1 Å². The first-order chi connectivity index (χ1) is 18.3. The molecule has 2 aliphatic heterocycles. The number of hydrogen-bond acceptors (Lipinski definition) is 8. The largest absolute Gasteiger partial charge is 0.494 e. The minimum absolute atomic E-state index is 0.0704. The summed E-state index contributed by atoms with van der Waals surface area (Å²) in [5, 5.41) is 19.0. The van der Waals surface area contributed by atoms with Crippen LogP contribution in [0.4, 0.5) is 5.69 Å². The highest BCUT2D eigenvalue weighted by molar-refractivity contribution is 5.96. The Kier molecular flexibility index (Phi) is 7.05. The molecule has 4 heterocycles. The number of nitrogens with one attached hydrogen (secondary N) is 1. The molecule has 198 valence electrons. The Labute approximate surface area is 218 Å². The van der Waals surface area contributed by atoms with E-state index in [2.05, 4.69) is 26.6 Å². The van der Waals surface area contributed by atoms with E-state index in [0.717, 1.165) is 48.6 Å². The van der Waals surface area contributed by atoms with Gasteiger partial charge in [0.2, 0.25) is 5.69 Å². The number of carbonyl (C=O) groups is 1. The van der Waals surface area contributed by atoms with Crippen LogP contribution in [0.5, 0.6) is 5.75 Å². The zero-order valence-electron chi connectivity index (χ0n) is 21.2. The Bertz CT molecular complexity index is 1460. The molecule has 1 amide bonds. The van der Waals surface area contributed by atoms with E-state index in [1.807, 2.05) is 35.8 Å².